The van der Waals surface area contributed by atoms with Crippen LogP contribution in [0.25, 0.3) is 33.3 Å². The number of carbonyl (C=O) groups excluding carboxylic acids is 2. The minimum absolute atomic E-state index is 0.160. The lowest BCUT2D eigenvalue weighted by molar-refractivity contribution is -0.111. The molecule has 2 heterocycles. The highest BCUT2D eigenvalue weighted by Crippen LogP contribution is 2.32. The quantitative estimate of drug-likeness (QED) is 0.217. The van der Waals surface area contributed by atoms with E-state index in [9.17, 15) is 9.59 Å². The predicted molar refractivity (Wildman–Crippen MR) is 151 cm³/mol. The van der Waals surface area contributed by atoms with Crippen molar-refractivity contribution in [2.75, 3.05) is 24.4 Å². The van der Waals surface area contributed by atoms with Crippen LogP contribution in [0.1, 0.15) is 10.4 Å². The van der Waals surface area contributed by atoms with E-state index in [2.05, 4.69) is 26.7 Å². The number of fused-ring (bicyclic) bond motifs is 1. The molecule has 5 aromatic rings. The second-order valence-electron chi connectivity index (χ2n) is 8.65. The summed E-state index contributed by atoms with van der Waals surface area (Å²) in [5, 5.41) is 6.73. The first-order valence-corrected chi connectivity index (χ1v) is 12.1. The number of nitrogens with one attached hydrogen (secondary N) is 3. The number of carbonyl (C=O) groups is 2. The molecular formula is C31H26N4O3. The highest BCUT2D eigenvalue weighted by molar-refractivity contribution is 6.05. The van der Waals surface area contributed by atoms with Crippen LogP contribution >= 0.6 is 0 Å². The number of hydrogen-bond acceptors (Lipinski definition) is 4. The van der Waals surface area contributed by atoms with Crippen LogP contribution in [0, 0.1) is 0 Å². The molecule has 0 aliphatic rings. The second-order valence-corrected chi connectivity index (χ2v) is 8.65. The standard InChI is InChI=1S/C31H26N4O3/c1-38-16-6-11-29(36)34-26-10-5-7-23(17-26)24-18-27-28(20-33-30(27)32-19-24)21-12-14-22(15-13-21)31(37)35-25-8-3-2-4-9-25/h2-15,17-20H,16H2,1H3,(H,32,33)(H,34,36)(H,35,37)/b11-6+. The van der Waals surface area contributed by atoms with Crippen LogP contribution in [0.2, 0.25) is 0 Å². The van der Waals surface area contributed by atoms with E-state index >= 15 is 0 Å². The lowest BCUT2D eigenvalue weighted by atomic mass is 10.0. The summed E-state index contributed by atoms with van der Waals surface area (Å²) < 4.78 is 4.93. The van der Waals surface area contributed by atoms with Gasteiger partial charge in [-0.3, -0.25) is 9.59 Å². The maximum Gasteiger partial charge on any atom is 0.255 e. The molecule has 38 heavy (non-hydrogen) atoms. The van der Waals surface area contributed by atoms with Crippen molar-refractivity contribution in [1.82, 2.24) is 9.97 Å². The Hall–Kier alpha value is -5.01. The van der Waals surface area contributed by atoms with Crippen molar-refractivity contribution >= 4 is 34.2 Å². The average molecular weight is 503 g/mol. The van der Waals surface area contributed by atoms with E-state index in [4.69, 9.17) is 4.74 Å². The smallest absolute Gasteiger partial charge is 0.255 e. The molecule has 5 rings (SSSR count). The third-order valence-electron chi connectivity index (χ3n) is 6.02. The number of amides is 2. The summed E-state index contributed by atoms with van der Waals surface area (Å²) >= 11 is 0. The Morgan fingerprint density at radius 3 is 2.45 bits per heavy atom. The molecule has 0 fully saturated rings. The van der Waals surface area contributed by atoms with Crippen molar-refractivity contribution in [3.8, 4) is 22.3 Å². The molecule has 2 amide bonds. The number of aromatic nitrogens is 2. The summed E-state index contributed by atoms with van der Waals surface area (Å²) in [5.41, 5.74) is 6.58. The van der Waals surface area contributed by atoms with E-state index in [-0.39, 0.29) is 11.8 Å². The van der Waals surface area contributed by atoms with Crippen molar-refractivity contribution in [3.63, 3.8) is 0 Å². The van der Waals surface area contributed by atoms with Crippen LogP contribution in [0.5, 0.6) is 0 Å². The van der Waals surface area contributed by atoms with Crippen LogP contribution in [0.15, 0.2) is 109 Å². The van der Waals surface area contributed by atoms with Crippen LogP contribution in [0.4, 0.5) is 11.4 Å². The van der Waals surface area contributed by atoms with E-state index < -0.39 is 0 Å². The fourth-order valence-corrected chi connectivity index (χ4v) is 4.14. The van der Waals surface area contributed by atoms with Gasteiger partial charge in [0.15, 0.2) is 0 Å². The third kappa shape index (κ3) is 5.69. The lowest BCUT2D eigenvalue weighted by Gasteiger charge is -2.08. The van der Waals surface area contributed by atoms with E-state index in [1.54, 1.807) is 19.4 Å². The molecule has 2 aromatic heterocycles. The molecule has 7 nitrogen and oxygen atoms in total. The van der Waals surface area contributed by atoms with Gasteiger partial charge < -0.3 is 20.4 Å². The molecule has 0 aliphatic carbocycles. The topological polar surface area (TPSA) is 96.1 Å². The fourth-order valence-electron chi connectivity index (χ4n) is 4.14. The molecule has 0 radical (unpaired) electrons. The predicted octanol–water partition coefficient (Wildman–Crippen LogP) is 6.29. The highest BCUT2D eigenvalue weighted by atomic mass is 16.5. The van der Waals surface area contributed by atoms with Crippen molar-refractivity contribution in [1.29, 1.82) is 0 Å². The number of H-pyrrole nitrogens is 1. The van der Waals surface area contributed by atoms with Gasteiger partial charge in [0.25, 0.3) is 5.91 Å². The van der Waals surface area contributed by atoms with E-state index in [0.717, 1.165) is 39.0 Å². The zero-order valence-corrected chi connectivity index (χ0v) is 20.8. The van der Waals surface area contributed by atoms with Gasteiger partial charge >= 0.3 is 0 Å². The number of rotatable bonds is 8. The van der Waals surface area contributed by atoms with E-state index in [1.165, 1.54) is 6.08 Å². The van der Waals surface area contributed by atoms with E-state index in [1.807, 2.05) is 85.1 Å². The molecule has 0 aliphatic heterocycles. The van der Waals surface area contributed by atoms with Crippen molar-refractivity contribution < 1.29 is 14.3 Å². The molecule has 0 bridgehead atoms. The Morgan fingerprint density at radius 1 is 0.868 bits per heavy atom. The minimum atomic E-state index is -0.221. The van der Waals surface area contributed by atoms with Crippen molar-refractivity contribution in [2.24, 2.45) is 0 Å². The van der Waals surface area contributed by atoms with Gasteiger partial charge in [-0.05, 0) is 53.6 Å². The normalized spacial score (nSPS) is 11.1. The summed E-state index contributed by atoms with van der Waals surface area (Å²) in [6, 6.07) is 26.6. The number of aromatic amines is 1. The van der Waals surface area contributed by atoms with Crippen molar-refractivity contribution in [3.05, 3.63) is 115 Å². The average Bonchev–Trinajstić information content (AvgIpc) is 3.37. The Balaban J connectivity index is 1.37. The largest absolute Gasteiger partial charge is 0.381 e. The number of benzene rings is 3. The van der Waals surface area contributed by atoms with Gasteiger partial charge in [0.2, 0.25) is 5.91 Å². The maximum absolute atomic E-state index is 12.6. The van der Waals surface area contributed by atoms with Gasteiger partial charge in [0.1, 0.15) is 5.65 Å². The minimum Gasteiger partial charge on any atom is -0.381 e. The molecule has 0 atom stereocenters. The Bertz CT molecular complexity index is 1610. The van der Waals surface area contributed by atoms with Crippen LogP contribution in [0.3, 0.4) is 0 Å². The highest BCUT2D eigenvalue weighted by Gasteiger charge is 2.12. The molecule has 0 saturated heterocycles. The molecule has 0 unspecified atom stereocenters. The van der Waals surface area contributed by atoms with E-state index in [0.29, 0.717) is 17.9 Å². The van der Waals surface area contributed by atoms with Crippen molar-refractivity contribution in [2.45, 2.75) is 0 Å². The first kappa shape index (κ1) is 24.7. The van der Waals surface area contributed by atoms with Crippen LogP contribution < -0.4 is 10.6 Å². The second kappa shape index (κ2) is 11.4. The van der Waals surface area contributed by atoms with Gasteiger partial charge in [-0.15, -0.1) is 0 Å². The lowest BCUT2D eigenvalue weighted by Crippen LogP contribution is -2.11. The monoisotopic (exact) mass is 502 g/mol. The Morgan fingerprint density at radius 2 is 1.66 bits per heavy atom. The number of nitrogens with zero attached hydrogens (tertiary/aromatic N) is 1. The van der Waals surface area contributed by atoms with Gasteiger partial charge in [0, 0.05) is 59.0 Å². The molecule has 188 valence electrons. The Labute approximate surface area is 220 Å². The molecular weight excluding hydrogens is 476 g/mol. The molecule has 3 N–H and O–H groups in total. The number of ether oxygens (including phenoxy) is 1. The SMILES string of the molecule is COC/C=C/C(=O)Nc1cccc(-c2cnc3[nH]cc(-c4ccc(C(=O)Nc5ccccc5)cc4)c3c2)c1. The van der Waals surface area contributed by atoms with Crippen LogP contribution in [-0.2, 0) is 9.53 Å². The van der Waals surface area contributed by atoms with Crippen LogP contribution in [-0.4, -0.2) is 35.5 Å². The summed E-state index contributed by atoms with van der Waals surface area (Å²) in [7, 11) is 1.58. The van der Waals surface area contributed by atoms with Gasteiger partial charge in [0.05, 0.1) is 6.61 Å². The number of anilines is 2. The number of methoxy groups -OCH3 is 1. The summed E-state index contributed by atoms with van der Waals surface area (Å²) in [4.78, 5) is 32.6. The van der Waals surface area contributed by atoms with Gasteiger partial charge in [-0.2, -0.15) is 0 Å². The number of pyridine rings is 1. The molecule has 0 saturated carbocycles. The number of hydrogen-bond donors (Lipinski definition) is 3. The zero-order valence-electron chi connectivity index (χ0n) is 20.8. The maximum atomic E-state index is 12.6. The summed E-state index contributed by atoms with van der Waals surface area (Å²) in [6.07, 6.45) is 6.84. The summed E-state index contributed by atoms with van der Waals surface area (Å²) in [6.45, 7) is 0.377. The zero-order chi connectivity index (χ0) is 26.3. The molecule has 7 heteroatoms. The third-order valence-corrected chi connectivity index (χ3v) is 6.02. The fraction of sp³-hybridized carbons (Fsp3) is 0.0645. The van der Waals surface area contributed by atoms with Gasteiger partial charge in [-0.1, -0.05) is 48.5 Å². The molecule has 3 aromatic carbocycles. The first-order chi connectivity index (χ1) is 18.6. The van der Waals surface area contributed by atoms with Gasteiger partial charge in [-0.25, -0.2) is 4.98 Å². The molecule has 0 spiro atoms. The summed E-state index contributed by atoms with van der Waals surface area (Å²) in [5.74, 6) is -0.381. The Kier molecular flexibility index (Phi) is 7.38. The number of para-hydroxylation sites is 1. The first-order valence-electron chi connectivity index (χ1n) is 12.1.